The summed E-state index contributed by atoms with van der Waals surface area (Å²) in [6, 6.07) is 14.8. The predicted octanol–water partition coefficient (Wildman–Crippen LogP) is 2.73. The van der Waals surface area contributed by atoms with Crippen molar-refractivity contribution in [2.24, 2.45) is 0 Å². The van der Waals surface area contributed by atoms with Gasteiger partial charge in [0.15, 0.2) is 0 Å². The van der Waals surface area contributed by atoms with Crippen molar-refractivity contribution in [2.45, 2.75) is 19.9 Å². The number of carbonyl (C=O) groups is 1. The van der Waals surface area contributed by atoms with Crippen molar-refractivity contribution in [3.8, 4) is 11.4 Å². The minimum atomic E-state index is -0.0989. The van der Waals surface area contributed by atoms with E-state index in [2.05, 4.69) is 15.5 Å². The van der Waals surface area contributed by atoms with E-state index in [4.69, 9.17) is 4.74 Å². The number of hydrogen-bond acceptors (Lipinski definition) is 5. The van der Waals surface area contributed by atoms with Gasteiger partial charge in [-0.3, -0.25) is 4.79 Å². The number of ether oxygens (including phenoxy) is 1. The van der Waals surface area contributed by atoms with Crippen molar-refractivity contribution in [3.05, 3.63) is 60.4 Å². The molecule has 7 heteroatoms. The van der Waals surface area contributed by atoms with Crippen LogP contribution in [-0.2, 0) is 0 Å². The summed E-state index contributed by atoms with van der Waals surface area (Å²) in [4.78, 5) is 14.9. The SMILES string of the molecule is COc1ccc(C(=O)N(c2ccccc2)C(C)C)cc1-n1cnnn1. The Labute approximate surface area is 145 Å². The number of amides is 1. The molecule has 1 heterocycles. The van der Waals surface area contributed by atoms with Crippen molar-refractivity contribution in [1.82, 2.24) is 20.2 Å². The van der Waals surface area contributed by atoms with Gasteiger partial charge < -0.3 is 9.64 Å². The summed E-state index contributed by atoms with van der Waals surface area (Å²) < 4.78 is 6.83. The van der Waals surface area contributed by atoms with Crippen molar-refractivity contribution in [2.75, 3.05) is 12.0 Å². The standard InChI is InChI=1S/C18H19N5O2/c1-13(2)23(15-7-5-4-6-8-15)18(24)14-9-10-17(25-3)16(11-14)22-12-19-20-21-22/h4-13H,1-3H3. The van der Waals surface area contributed by atoms with Crippen LogP contribution >= 0.6 is 0 Å². The molecule has 0 unspecified atom stereocenters. The van der Waals surface area contributed by atoms with Gasteiger partial charge in [0.25, 0.3) is 5.91 Å². The highest BCUT2D eigenvalue weighted by Crippen LogP contribution is 2.26. The smallest absolute Gasteiger partial charge is 0.258 e. The van der Waals surface area contributed by atoms with Crippen LogP contribution in [0.25, 0.3) is 5.69 Å². The summed E-state index contributed by atoms with van der Waals surface area (Å²) in [6.07, 6.45) is 1.46. The first-order chi connectivity index (χ1) is 12.1. The van der Waals surface area contributed by atoms with E-state index in [0.29, 0.717) is 17.0 Å². The molecule has 0 spiro atoms. The molecule has 1 amide bonds. The van der Waals surface area contributed by atoms with Gasteiger partial charge >= 0.3 is 0 Å². The first kappa shape index (κ1) is 16.6. The second-order valence-corrected chi connectivity index (χ2v) is 5.75. The quantitative estimate of drug-likeness (QED) is 0.716. The number of tetrazole rings is 1. The van der Waals surface area contributed by atoms with Crippen LogP contribution in [0.3, 0.4) is 0 Å². The lowest BCUT2D eigenvalue weighted by atomic mass is 10.1. The number of benzene rings is 2. The number of rotatable bonds is 5. The maximum atomic E-state index is 13.1. The third-order valence-corrected chi connectivity index (χ3v) is 3.79. The van der Waals surface area contributed by atoms with E-state index in [1.54, 1.807) is 30.2 Å². The summed E-state index contributed by atoms with van der Waals surface area (Å²) in [5.74, 6) is 0.484. The Kier molecular flexibility index (Phi) is 4.74. The van der Waals surface area contributed by atoms with E-state index in [1.165, 1.54) is 11.0 Å². The molecule has 128 valence electrons. The molecule has 0 fully saturated rings. The number of para-hydroxylation sites is 1. The van der Waals surface area contributed by atoms with Gasteiger partial charge in [0.2, 0.25) is 0 Å². The second kappa shape index (κ2) is 7.12. The average Bonchev–Trinajstić information content (AvgIpc) is 3.16. The van der Waals surface area contributed by atoms with Crippen LogP contribution in [-0.4, -0.2) is 39.3 Å². The second-order valence-electron chi connectivity index (χ2n) is 5.75. The molecule has 0 bridgehead atoms. The van der Waals surface area contributed by atoms with Crippen LogP contribution in [0, 0.1) is 0 Å². The highest BCUT2D eigenvalue weighted by molar-refractivity contribution is 6.06. The molecule has 0 saturated carbocycles. The van der Waals surface area contributed by atoms with Crippen LogP contribution in [0.2, 0.25) is 0 Å². The summed E-state index contributed by atoms with van der Waals surface area (Å²) in [5.41, 5.74) is 1.99. The van der Waals surface area contributed by atoms with Crippen LogP contribution in [0.4, 0.5) is 5.69 Å². The topological polar surface area (TPSA) is 73.1 Å². The van der Waals surface area contributed by atoms with Crippen molar-refractivity contribution in [1.29, 1.82) is 0 Å². The van der Waals surface area contributed by atoms with Gasteiger partial charge in [0.1, 0.15) is 17.8 Å². The summed E-state index contributed by atoms with van der Waals surface area (Å²) in [6.45, 7) is 3.97. The Morgan fingerprint density at radius 1 is 1.16 bits per heavy atom. The fourth-order valence-electron chi connectivity index (χ4n) is 2.65. The number of aromatic nitrogens is 4. The van der Waals surface area contributed by atoms with Crippen molar-refractivity contribution >= 4 is 11.6 Å². The van der Waals surface area contributed by atoms with Gasteiger partial charge in [-0.2, -0.15) is 4.68 Å². The zero-order valence-corrected chi connectivity index (χ0v) is 14.3. The molecule has 0 aliphatic rings. The molecule has 0 radical (unpaired) electrons. The largest absolute Gasteiger partial charge is 0.494 e. The molecular weight excluding hydrogens is 318 g/mol. The first-order valence-electron chi connectivity index (χ1n) is 7.92. The van der Waals surface area contributed by atoms with Crippen molar-refractivity contribution in [3.63, 3.8) is 0 Å². The van der Waals surface area contributed by atoms with Crippen LogP contribution in [0.15, 0.2) is 54.9 Å². The van der Waals surface area contributed by atoms with E-state index < -0.39 is 0 Å². The molecule has 0 aliphatic heterocycles. The maximum absolute atomic E-state index is 13.1. The Morgan fingerprint density at radius 2 is 1.92 bits per heavy atom. The van der Waals surface area contributed by atoms with Gasteiger partial charge in [0.05, 0.1) is 7.11 Å². The fraction of sp³-hybridized carbons (Fsp3) is 0.222. The lowest BCUT2D eigenvalue weighted by Crippen LogP contribution is -2.37. The Bertz CT molecular complexity index is 847. The van der Waals surface area contributed by atoms with Crippen LogP contribution < -0.4 is 9.64 Å². The minimum Gasteiger partial charge on any atom is -0.494 e. The lowest BCUT2D eigenvalue weighted by molar-refractivity contribution is 0.0980. The molecule has 3 aromatic rings. The third kappa shape index (κ3) is 3.35. The fourth-order valence-corrected chi connectivity index (χ4v) is 2.65. The van der Waals surface area contributed by atoms with Crippen molar-refractivity contribution < 1.29 is 9.53 Å². The van der Waals surface area contributed by atoms with E-state index in [1.807, 2.05) is 44.2 Å². The molecule has 3 rings (SSSR count). The number of carbonyl (C=O) groups excluding carboxylic acids is 1. The third-order valence-electron chi connectivity index (χ3n) is 3.79. The molecular formula is C18H19N5O2. The van der Waals surface area contributed by atoms with Gasteiger partial charge in [-0.05, 0) is 54.6 Å². The molecule has 1 aromatic heterocycles. The normalized spacial score (nSPS) is 10.7. The zero-order chi connectivity index (χ0) is 17.8. The molecule has 0 aliphatic carbocycles. The molecule has 0 N–H and O–H groups in total. The first-order valence-corrected chi connectivity index (χ1v) is 7.92. The van der Waals surface area contributed by atoms with Crippen LogP contribution in [0.5, 0.6) is 5.75 Å². The van der Waals surface area contributed by atoms with Gasteiger partial charge in [-0.1, -0.05) is 18.2 Å². The molecule has 2 aromatic carbocycles. The van der Waals surface area contributed by atoms with Gasteiger partial charge in [0, 0.05) is 17.3 Å². The maximum Gasteiger partial charge on any atom is 0.258 e. The number of hydrogen-bond donors (Lipinski definition) is 0. The highest BCUT2D eigenvalue weighted by Gasteiger charge is 2.22. The molecule has 25 heavy (non-hydrogen) atoms. The van der Waals surface area contributed by atoms with E-state index in [9.17, 15) is 4.79 Å². The van der Waals surface area contributed by atoms with Crippen LogP contribution in [0.1, 0.15) is 24.2 Å². The predicted molar refractivity (Wildman–Crippen MR) is 94.1 cm³/mol. The Morgan fingerprint density at radius 3 is 2.52 bits per heavy atom. The monoisotopic (exact) mass is 337 g/mol. The van der Waals surface area contributed by atoms with E-state index in [-0.39, 0.29) is 11.9 Å². The summed E-state index contributed by atoms with van der Waals surface area (Å²) in [5, 5.41) is 11.2. The Hall–Kier alpha value is -3.22. The van der Waals surface area contributed by atoms with E-state index in [0.717, 1.165) is 5.69 Å². The summed E-state index contributed by atoms with van der Waals surface area (Å²) in [7, 11) is 1.56. The number of anilines is 1. The average molecular weight is 337 g/mol. The minimum absolute atomic E-state index is 0.00786. The Balaban J connectivity index is 2.03. The zero-order valence-electron chi connectivity index (χ0n) is 14.3. The lowest BCUT2D eigenvalue weighted by Gasteiger charge is -2.27. The number of methoxy groups -OCH3 is 1. The van der Waals surface area contributed by atoms with Gasteiger partial charge in [-0.25, -0.2) is 0 Å². The summed E-state index contributed by atoms with van der Waals surface area (Å²) >= 11 is 0. The highest BCUT2D eigenvalue weighted by atomic mass is 16.5. The molecule has 0 saturated heterocycles. The molecule has 7 nitrogen and oxygen atoms in total. The molecule has 0 atom stereocenters. The van der Waals surface area contributed by atoms with E-state index >= 15 is 0 Å². The number of nitrogens with zero attached hydrogens (tertiary/aromatic N) is 5. The van der Waals surface area contributed by atoms with Gasteiger partial charge in [-0.15, -0.1) is 5.10 Å².